The minimum Gasteiger partial charge on any atom is -0.373 e. The zero-order chi connectivity index (χ0) is 23.3. The molecule has 2 aliphatic rings. The first-order valence-corrected chi connectivity index (χ1v) is 11.3. The van der Waals surface area contributed by atoms with Crippen molar-refractivity contribution in [2.45, 2.75) is 70.6 Å². The Balaban J connectivity index is 1.50. The van der Waals surface area contributed by atoms with Gasteiger partial charge in [-0.1, -0.05) is 0 Å². The van der Waals surface area contributed by atoms with E-state index >= 15 is 0 Å². The van der Waals surface area contributed by atoms with Crippen molar-refractivity contribution >= 4 is 11.2 Å². The number of nitrogens with zero attached hydrogens (tertiary/aromatic N) is 5. The van der Waals surface area contributed by atoms with E-state index in [1.807, 2.05) is 32.9 Å². The summed E-state index contributed by atoms with van der Waals surface area (Å²) in [5.74, 6) is -0.902. The van der Waals surface area contributed by atoms with E-state index in [0.717, 1.165) is 29.1 Å². The molecule has 1 saturated carbocycles. The Kier molecular flexibility index (Phi) is 5.55. The number of alkyl halides is 3. The van der Waals surface area contributed by atoms with Gasteiger partial charge in [0.15, 0.2) is 5.65 Å². The largest absolute Gasteiger partial charge is 0.391 e. The molecule has 174 valence electrons. The molecule has 2 atom stereocenters. The summed E-state index contributed by atoms with van der Waals surface area (Å²) in [5, 5.41) is 0. The lowest BCUT2D eigenvalue weighted by Gasteiger charge is -2.36. The molecule has 2 fully saturated rings. The fourth-order valence-electron chi connectivity index (χ4n) is 4.76. The van der Waals surface area contributed by atoms with Crippen molar-refractivity contribution in [1.82, 2.24) is 24.9 Å². The van der Waals surface area contributed by atoms with Gasteiger partial charge in [0.2, 0.25) is 0 Å². The lowest BCUT2D eigenvalue weighted by Crippen LogP contribution is -2.35. The number of aromatic nitrogens is 5. The van der Waals surface area contributed by atoms with Crippen LogP contribution in [0.25, 0.3) is 11.2 Å². The van der Waals surface area contributed by atoms with Crippen LogP contribution in [-0.2, 0) is 4.74 Å². The zero-order valence-electron chi connectivity index (χ0n) is 18.9. The molecule has 0 radical (unpaired) electrons. The number of rotatable bonds is 3. The summed E-state index contributed by atoms with van der Waals surface area (Å²) < 4.78 is 45.5. The van der Waals surface area contributed by atoms with Gasteiger partial charge in [-0.05, 0) is 64.2 Å². The van der Waals surface area contributed by atoms with Crippen LogP contribution in [0, 0.1) is 26.7 Å². The average molecular weight is 458 g/mol. The average Bonchev–Trinajstić information content (AvgIpc) is 2.73. The smallest absolute Gasteiger partial charge is 0.373 e. The van der Waals surface area contributed by atoms with E-state index in [-0.39, 0.29) is 30.8 Å². The predicted molar refractivity (Wildman–Crippen MR) is 116 cm³/mol. The van der Waals surface area contributed by atoms with Crippen molar-refractivity contribution < 1.29 is 17.9 Å². The molecule has 33 heavy (non-hydrogen) atoms. The van der Waals surface area contributed by atoms with Crippen molar-refractivity contribution in [2.75, 3.05) is 6.61 Å². The molecule has 1 aliphatic carbocycles. The molecule has 0 N–H and O–H groups in total. The maximum Gasteiger partial charge on any atom is 0.391 e. The number of fused-ring (bicyclic) bond motifs is 1. The van der Waals surface area contributed by atoms with Gasteiger partial charge in [0.25, 0.3) is 0 Å². The van der Waals surface area contributed by atoms with E-state index in [2.05, 4.69) is 15.0 Å². The highest BCUT2D eigenvalue weighted by Gasteiger charge is 2.49. The highest BCUT2D eigenvalue weighted by atomic mass is 19.4. The van der Waals surface area contributed by atoms with Crippen molar-refractivity contribution in [3.8, 4) is 0 Å². The first-order chi connectivity index (χ1) is 15.7. The Morgan fingerprint density at radius 3 is 2.42 bits per heavy atom. The third-order valence-corrected chi connectivity index (χ3v) is 6.92. The van der Waals surface area contributed by atoms with Crippen molar-refractivity contribution in [1.29, 1.82) is 0 Å². The molecule has 6 nitrogen and oxygen atoms in total. The van der Waals surface area contributed by atoms with Crippen molar-refractivity contribution in [3.05, 3.63) is 52.5 Å². The quantitative estimate of drug-likeness (QED) is 0.522. The second-order valence-electron chi connectivity index (χ2n) is 9.25. The summed E-state index contributed by atoms with van der Waals surface area (Å²) >= 11 is 0. The molecule has 3 aromatic rings. The van der Waals surface area contributed by atoms with Gasteiger partial charge in [0.1, 0.15) is 11.3 Å². The molecule has 3 aromatic heterocycles. The van der Waals surface area contributed by atoms with E-state index in [1.54, 1.807) is 6.20 Å². The highest BCUT2D eigenvalue weighted by molar-refractivity contribution is 5.73. The molecule has 1 aliphatic heterocycles. The molecule has 0 bridgehead atoms. The SMILES string of the molecule is Cc1cc([C@H]2C[C@H](c3nc(C4CC(C(F)(F)F)C4)c4nc(C)c(C)nc4n3)CCO2)ccn1. The Morgan fingerprint density at radius 1 is 0.939 bits per heavy atom. The predicted octanol–water partition coefficient (Wildman–Crippen LogP) is 5.43. The van der Waals surface area contributed by atoms with Crippen LogP contribution in [-0.4, -0.2) is 37.7 Å². The lowest BCUT2D eigenvalue weighted by atomic mass is 9.72. The maximum atomic E-state index is 13.1. The zero-order valence-corrected chi connectivity index (χ0v) is 18.9. The number of hydrogen-bond acceptors (Lipinski definition) is 6. The minimum atomic E-state index is -4.17. The van der Waals surface area contributed by atoms with Crippen molar-refractivity contribution in [3.63, 3.8) is 0 Å². The summed E-state index contributed by atoms with van der Waals surface area (Å²) in [5.41, 5.74) is 5.09. The molecule has 1 saturated heterocycles. The van der Waals surface area contributed by atoms with Crippen LogP contribution < -0.4 is 0 Å². The Hall–Kier alpha value is -2.68. The lowest BCUT2D eigenvalue weighted by molar-refractivity contribution is -0.197. The summed E-state index contributed by atoms with van der Waals surface area (Å²) in [7, 11) is 0. The molecule has 0 unspecified atom stereocenters. The monoisotopic (exact) mass is 457 g/mol. The second kappa shape index (κ2) is 8.27. The van der Waals surface area contributed by atoms with Gasteiger partial charge in [-0.2, -0.15) is 13.2 Å². The van der Waals surface area contributed by atoms with Gasteiger partial charge in [-0.3, -0.25) is 4.98 Å². The standard InChI is InChI=1S/C24H26F3N5O/c1-12-8-15(4-6-28-12)19-11-16(5-7-33-19)22-31-20(17-9-18(10-17)24(25,26)27)21-23(32-22)30-14(3)13(2)29-21/h4,6,8,16-19H,5,7,9-11H2,1-3H3/t16-,17?,18?,19-/m1/s1. The van der Waals surface area contributed by atoms with Crippen LogP contribution in [0.15, 0.2) is 18.3 Å². The minimum absolute atomic E-state index is 0.0299. The summed E-state index contributed by atoms with van der Waals surface area (Å²) in [6, 6.07) is 3.97. The van der Waals surface area contributed by atoms with Crippen LogP contribution in [0.1, 0.15) is 77.8 Å². The Morgan fingerprint density at radius 2 is 1.70 bits per heavy atom. The number of aryl methyl sites for hydroxylation is 3. The van der Waals surface area contributed by atoms with Gasteiger partial charge in [0, 0.05) is 30.3 Å². The molecule has 0 spiro atoms. The number of pyridine rings is 1. The van der Waals surface area contributed by atoms with Crippen LogP contribution >= 0.6 is 0 Å². The van der Waals surface area contributed by atoms with E-state index in [0.29, 0.717) is 35.7 Å². The highest BCUT2D eigenvalue weighted by Crippen LogP contribution is 2.50. The van der Waals surface area contributed by atoms with Crippen LogP contribution in [0.5, 0.6) is 0 Å². The second-order valence-corrected chi connectivity index (χ2v) is 9.25. The van der Waals surface area contributed by atoms with Crippen LogP contribution in [0.2, 0.25) is 0 Å². The summed E-state index contributed by atoms with van der Waals surface area (Å²) in [6.45, 7) is 6.21. The first-order valence-electron chi connectivity index (χ1n) is 11.3. The molecular formula is C24H26F3N5O. The number of hydrogen-bond donors (Lipinski definition) is 0. The molecule has 0 amide bonds. The van der Waals surface area contributed by atoms with Crippen LogP contribution in [0.4, 0.5) is 13.2 Å². The Bertz CT molecular complexity index is 1190. The van der Waals surface area contributed by atoms with Crippen LogP contribution in [0.3, 0.4) is 0 Å². The molecule has 0 aromatic carbocycles. The fourth-order valence-corrected chi connectivity index (χ4v) is 4.76. The van der Waals surface area contributed by atoms with Gasteiger partial charge < -0.3 is 4.74 Å². The first kappa shape index (κ1) is 22.1. The third-order valence-electron chi connectivity index (χ3n) is 6.92. The molecule has 9 heteroatoms. The molecular weight excluding hydrogens is 431 g/mol. The molecule has 5 rings (SSSR count). The normalized spacial score (nSPS) is 25.8. The molecule has 4 heterocycles. The van der Waals surface area contributed by atoms with E-state index in [4.69, 9.17) is 14.7 Å². The Labute approximate surface area is 190 Å². The van der Waals surface area contributed by atoms with Gasteiger partial charge in [-0.25, -0.2) is 19.9 Å². The third kappa shape index (κ3) is 4.30. The van der Waals surface area contributed by atoms with Gasteiger partial charge >= 0.3 is 6.18 Å². The number of halogens is 3. The fraction of sp³-hybridized carbons (Fsp3) is 0.542. The topological polar surface area (TPSA) is 73.7 Å². The van der Waals surface area contributed by atoms with Crippen molar-refractivity contribution in [2.24, 2.45) is 5.92 Å². The van der Waals surface area contributed by atoms with E-state index in [1.165, 1.54) is 0 Å². The van der Waals surface area contributed by atoms with E-state index < -0.39 is 12.1 Å². The van der Waals surface area contributed by atoms with E-state index in [9.17, 15) is 13.2 Å². The summed E-state index contributed by atoms with van der Waals surface area (Å²) in [6.07, 6.45) is -0.972. The van der Waals surface area contributed by atoms with Gasteiger partial charge in [-0.15, -0.1) is 0 Å². The maximum absolute atomic E-state index is 13.1. The number of ether oxygens (including phenoxy) is 1. The van der Waals surface area contributed by atoms with Gasteiger partial charge in [0.05, 0.1) is 29.1 Å². The summed E-state index contributed by atoms with van der Waals surface area (Å²) in [4.78, 5) is 23.1.